The summed E-state index contributed by atoms with van der Waals surface area (Å²) in [6.45, 7) is 0. The standard InChI is InChI=1S/C16H13ClFNS2/c17-12-3-6-15-14(9-12)19-16(7-8-20-15)21-10-11-1-4-13(18)5-2-11/h1-6,9H,7-8,10H2. The molecule has 5 heteroatoms. The molecule has 0 N–H and O–H groups in total. The first-order valence-corrected chi connectivity index (χ1v) is 8.93. The summed E-state index contributed by atoms with van der Waals surface area (Å²) in [4.78, 5) is 5.91. The Kier molecular flexibility index (Phi) is 4.88. The molecule has 1 aliphatic rings. The lowest BCUT2D eigenvalue weighted by Gasteiger charge is -2.04. The van der Waals surface area contributed by atoms with Crippen molar-refractivity contribution in [1.29, 1.82) is 0 Å². The van der Waals surface area contributed by atoms with Gasteiger partial charge >= 0.3 is 0 Å². The Bertz CT molecular complexity index is 670. The number of halogens is 2. The monoisotopic (exact) mass is 337 g/mol. The van der Waals surface area contributed by atoms with Crippen LogP contribution in [-0.4, -0.2) is 10.8 Å². The fraction of sp³-hybridized carbons (Fsp3) is 0.188. The molecule has 0 atom stereocenters. The van der Waals surface area contributed by atoms with Crippen molar-refractivity contribution in [2.24, 2.45) is 4.99 Å². The third-order valence-corrected chi connectivity index (χ3v) is 5.46. The van der Waals surface area contributed by atoms with Crippen molar-refractivity contribution in [3.8, 4) is 0 Å². The Balaban J connectivity index is 1.74. The van der Waals surface area contributed by atoms with Gasteiger partial charge in [-0.3, -0.25) is 0 Å². The highest BCUT2D eigenvalue weighted by Gasteiger charge is 2.12. The van der Waals surface area contributed by atoms with Crippen LogP contribution in [0.25, 0.3) is 0 Å². The van der Waals surface area contributed by atoms with Gasteiger partial charge in [-0.25, -0.2) is 9.38 Å². The molecule has 1 nitrogen and oxygen atoms in total. The van der Waals surface area contributed by atoms with Crippen LogP contribution in [-0.2, 0) is 5.75 Å². The van der Waals surface area contributed by atoms with Crippen LogP contribution in [0.4, 0.5) is 10.1 Å². The fourth-order valence-corrected chi connectivity index (χ4v) is 4.15. The minimum atomic E-state index is -0.199. The first kappa shape index (κ1) is 14.9. The second kappa shape index (κ2) is 6.86. The van der Waals surface area contributed by atoms with E-state index in [0.29, 0.717) is 5.02 Å². The molecule has 0 fully saturated rings. The maximum absolute atomic E-state index is 12.9. The van der Waals surface area contributed by atoms with Crippen LogP contribution >= 0.6 is 35.1 Å². The number of rotatable bonds is 2. The molecule has 1 aliphatic heterocycles. The molecule has 0 saturated heterocycles. The van der Waals surface area contributed by atoms with Crippen molar-refractivity contribution >= 4 is 45.9 Å². The van der Waals surface area contributed by atoms with Gasteiger partial charge in [0.05, 0.1) is 10.7 Å². The molecule has 2 aromatic carbocycles. The van der Waals surface area contributed by atoms with Gasteiger partial charge in [0.2, 0.25) is 0 Å². The quantitative estimate of drug-likeness (QED) is 0.672. The molecule has 0 saturated carbocycles. The predicted octanol–water partition coefficient (Wildman–Crippen LogP) is 5.94. The molecule has 108 valence electrons. The summed E-state index contributed by atoms with van der Waals surface area (Å²) in [7, 11) is 0. The molecule has 21 heavy (non-hydrogen) atoms. The molecule has 0 amide bonds. The molecule has 3 rings (SSSR count). The second-order valence-corrected chi connectivity index (χ2v) is 7.25. The first-order valence-electron chi connectivity index (χ1n) is 6.58. The van der Waals surface area contributed by atoms with E-state index in [9.17, 15) is 4.39 Å². The van der Waals surface area contributed by atoms with Crippen LogP contribution in [0.2, 0.25) is 5.02 Å². The highest BCUT2D eigenvalue weighted by Crippen LogP contribution is 2.36. The summed E-state index contributed by atoms with van der Waals surface area (Å²) >= 11 is 9.56. The van der Waals surface area contributed by atoms with Crippen molar-refractivity contribution in [3.63, 3.8) is 0 Å². The molecule has 0 bridgehead atoms. The Morgan fingerprint density at radius 1 is 1.19 bits per heavy atom. The maximum Gasteiger partial charge on any atom is 0.123 e. The van der Waals surface area contributed by atoms with E-state index < -0.39 is 0 Å². The molecule has 0 unspecified atom stereocenters. The molecule has 0 radical (unpaired) electrons. The second-order valence-electron chi connectivity index (χ2n) is 4.63. The van der Waals surface area contributed by atoms with Gasteiger partial charge in [-0.15, -0.1) is 23.5 Å². The minimum Gasteiger partial charge on any atom is -0.245 e. The van der Waals surface area contributed by atoms with E-state index in [1.807, 2.05) is 42.1 Å². The van der Waals surface area contributed by atoms with Gasteiger partial charge in [-0.2, -0.15) is 0 Å². The van der Waals surface area contributed by atoms with Crippen LogP contribution < -0.4 is 0 Å². The summed E-state index contributed by atoms with van der Waals surface area (Å²) in [6, 6.07) is 12.5. The summed E-state index contributed by atoms with van der Waals surface area (Å²) < 4.78 is 12.9. The van der Waals surface area contributed by atoms with Crippen molar-refractivity contribution in [2.75, 3.05) is 5.75 Å². The van der Waals surface area contributed by atoms with E-state index in [0.717, 1.165) is 34.2 Å². The van der Waals surface area contributed by atoms with Gasteiger partial charge < -0.3 is 0 Å². The highest BCUT2D eigenvalue weighted by atomic mass is 35.5. The van der Waals surface area contributed by atoms with Gasteiger partial charge in [-0.05, 0) is 35.9 Å². The summed E-state index contributed by atoms with van der Waals surface area (Å²) in [5, 5.41) is 1.82. The van der Waals surface area contributed by atoms with Crippen LogP contribution in [0.3, 0.4) is 0 Å². The molecule has 1 heterocycles. The SMILES string of the molecule is Fc1ccc(CSC2=Nc3cc(Cl)ccc3SCC2)cc1. The lowest BCUT2D eigenvalue weighted by atomic mass is 10.2. The van der Waals surface area contributed by atoms with Crippen LogP contribution in [0.5, 0.6) is 0 Å². The number of aliphatic imine (C=N–C) groups is 1. The number of benzene rings is 2. The van der Waals surface area contributed by atoms with Crippen LogP contribution in [0.15, 0.2) is 52.4 Å². The van der Waals surface area contributed by atoms with Gasteiger partial charge in [-0.1, -0.05) is 23.7 Å². The number of fused-ring (bicyclic) bond motifs is 1. The van der Waals surface area contributed by atoms with E-state index in [4.69, 9.17) is 16.6 Å². The zero-order valence-corrected chi connectivity index (χ0v) is 13.6. The smallest absolute Gasteiger partial charge is 0.123 e. The summed E-state index contributed by atoms with van der Waals surface area (Å²) in [5.41, 5.74) is 2.05. The minimum absolute atomic E-state index is 0.199. The lowest BCUT2D eigenvalue weighted by Crippen LogP contribution is -1.94. The number of thioether (sulfide) groups is 2. The topological polar surface area (TPSA) is 12.4 Å². The zero-order valence-electron chi connectivity index (χ0n) is 11.2. The van der Waals surface area contributed by atoms with Crippen molar-refractivity contribution in [2.45, 2.75) is 17.1 Å². The van der Waals surface area contributed by atoms with Crippen molar-refractivity contribution < 1.29 is 4.39 Å². The summed E-state index contributed by atoms with van der Waals surface area (Å²) in [5.74, 6) is 1.62. The molecule has 0 spiro atoms. The summed E-state index contributed by atoms with van der Waals surface area (Å²) in [6.07, 6.45) is 0.947. The largest absolute Gasteiger partial charge is 0.245 e. The van der Waals surface area contributed by atoms with E-state index in [2.05, 4.69) is 0 Å². The van der Waals surface area contributed by atoms with Gasteiger partial charge in [0.15, 0.2) is 0 Å². The third kappa shape index (κ3) is 4.02. The van der Waals surface area contributed by atoms with Crippen molar-refractivity contribution in [1.82, 2.24) is 0 Å². The normalized spacial score (nSPS) is 14.3. The Morgan fingerprint density at radius 3 is 2.81 bits per heavy atom. The highest BCUT2D eigenvalue weighted by molar-refractivity contribution is 8.13. The van der Waals surface area contributed by atoms with E-state index in [-0.39, 0.29) is 5.82 Å². The Hall–Kier alpha value is -0.970. The molecule has 0 aliphatic carbocycles. The van der Waals surface area contributed by atoms with Crippen molar-refractivity contribution in [3.05, 3.63) is 58.9 Å². The average Bonchev–Trinajstić information content (AvgIpc) is 2.68. The molecule has 2 aromatic rings. The van der Waals surface area contributed by atoms with Crippen LogP contribution in [0, 0.1) is 5.82 Å². The number of hydrogen-bond acceptors (Lipinski definition) is 3. The van der Waals surface area contributed by atoms with Gasteiger partial charge in [0.1, 0.15) is 5.82 Å². The van der Waals surface area contributed by atoms with Gasteiger partial charge in [0, 0.05) is 27.8 Å². The number of hydrogen-bond donors (Lipinski definition) is 0. The van der Waals surface area contributed by atoms with E-state index in [1.54, 1.807) is 11.8 Å². The number of nitrogens with zero attached hydrogens (tertiary/aromatic N) is 1. The predicted molar refractivity (Wildman–Crippen MR) is 91.6 cm³/mol. The molecule has 0 aromatic heterocycles. The zero-order chi connectivity index (χ0) is 14.7. The molecular weight excluding hydrogens is 325 g/mol. The van der Waals surface area contributed by atoms with Crippen LogP contribution in [0.1, 0.15) is 12.0 Å². The fourth-order valence-electron chi connectivity index (χ4n) is 1.99. The Labute approximate surface area is 137 Å². The molecular formula is C16H13ClFNS2. The maximum atomic E-state index is 12.9. The van der Waals surface area contributed by atoms with E-state index >= 15 is 0 Å². The average molecular weight is 338 g/mol. The third-order valence-electron chi connectivity index (χ3n) is 3.06. The lowest BCUT2D eigenvalue weighted by molar-refractivity contribution is 0.627. The van der Waals surface area contributed by atoms with E-state index in [1.165, 1.54) is 17.0 Å². The van der Waals surface area contributed by atoms with Gasteiger partial charge in [0.25, 0.3) is 0 Å². The Morgan fingerprint density at radius 2 is 2.00 bits per heavy atom. The first-order chi connectivity index (χ1) is 10.2.